The minimum absolute atomic E-state index is 0.211. The van der Waals surface area contributed by atoms with E-state index in [-0.39, 0.29) is 40.2 Å². The monoisotopic (exact) mass is 646 g/mol. The van der Waals surface area contributed by atoms with E-state index in [1.54, 1.807) is 0 Å². The predicted octanol–water partition coefficient (Wildman–Crippen LogP) is 11.7. The first kappa shape index (κ1) is 27.6. The molecule has 0 N–H and O–H groups in total. The lowest BCUT2D eigenvalue weighted by atomic mass is 10.3. The van der Waals surface area contributed by atoms with Crippen molar-refractivity contribution in [2.75, 3.05) is 23.3 Å². The zero-order chi connectivity index (χ0) is 21.9. The molecule has 0 aromatic heterocycles. The zero-order valence-electron chi connectivity index (χ0n) is 13.8. The molecule has 0 saturated carbocycles. The van der Waals surface area contributed by atoms with Gasteiger partial charge < -0.3 is 0 Å². The molecule has 2 aromatic rings. The van der Waals surface area contributed by atoms with Gasteiger partial charge in [0.2, 0.25) is 0 Å². The molecule has 0 unspecified atom stereocenters. The van der Waals surface area contributed by atoms with Crippen LogP contribution in [-0.4, -0.2) is 23.3 Å². The molecule has 160 valence electrons. The van der Waals surface area contributed by atoms with E-state index in [2.05, 4.69) is 0 Å². The van der Waals surface area contributed by atoms with Gasteiger partial charge in [-0.2, -0.15) is 0 Å². The molecular formula is C16H8Cl10S3. The van der Waals surface area contributed by atoms with Gasteiger partial charge in [-0.05, 0) is 0 Å². The lowest BCUT2D eigenvalue weighted by Gasteiger charge is -2.18. The Morgan fingerprint density at radius 3 is 0.897 bits per heavy atom. The first-order chi connectivity index (χ1) is 13.7. The van der Waals surface area contributed by atoms with Crippen molar-refractivity contribution >= 4 is 151 Å². The van der Waals surface area contributed by atoms with Crippen molar-refractivity contribution in [1.82, 2.24) is 0 Å². The van der Waals surface area contributed by atoms with Crippen molar-refractivity contribution < 1.29 is 0 Å². The van der Waals surface area contributed by atoms with E-state index < -0.39 is 0 Å². The molecule has 0 saturated heterocycles. The molecule has 0 bridgehead atoms. The quantitative estimate of drug-likeness (QED) is 0.159. The lowest BCUT2D eigenvalue weighted by molar-refractivity contribution is 1.31. The molecule has 0 aliphatic carbocycles. The molecule has 0 spiro atoms. The van der Waals surface area contributed by atoms with Crippen LogP contribution in [0.1, 0.15) is 0 Å². The van der Waals surface area contributed by atoms with Crippen molar-refractivity contribution in [1.29, 1.82) is 0 Å². The van der Waals surface area contributed by atoms with Crippen LogP contribution >= 0.6 is 151 Å². The molecule has 2 rings (SSSR count). The van der Waals surface area contributed by atoms with E-state index in [0.29, 0.717) is 42.8 Å². The average Bonchev–Trinajstić information content (AvgIpc) is 2.70. The van der Waals surface area contributed by atoms with E-state index in [0.717, 1.165) is 11.8 Å². The Morgan fingerprint density at radius 2 is 0.655 bits per heavy atom. The number of hydrogen-bond acceptors (Lipinski definition) is 3. The fraction of sp³-hybridized carbons (Fsp3) is 0.250. The number of halogens is 10. The summed E-state index contributed by atoms with van der Waals surface area (Å²) in [6.07, 6.45) is 0. The van der Waals surface area contributed by atoms with Crippen molar-refractivity contribution in [3.63, 3.8) is 0 Å². The minimum atomic E-state index is 0.211. The molecule has 2 aromatic carbocycles. The van der Waals surface area contributed by atoms with Crippen molar-refractivity contribution in [3.05, 3.63) is 40.2 Å². The van der Waals surface area contributed by atoms with Gasteiger partial charge in [0.15, 0.2) is 0 Å². The highest BCUT2D eigenvalue weighted by Crippen LogP contribution is 2.55. The number of hydrogen-bond donors (Lipinski definition) is 0. The van der Waals surface area contributed by atoms with Crippen molar-refractivity contribution in [2.24, 2.45) is 0 Å². The van der Waals surface area contributed by atoms with Crippen LogP contribution in [0.25, 0.3) is 0 Å². The number of benzene rings is 2. The maximum atomic E-state index is 6.48. The molecule has 0 fully saturated rings. The summed E-state index contributed by atoms with van der Waals surface area (Å²) in [5.74, 6) is 2.01. The summed E-state index contributed by atoms with van der Waals surface area (Å²) >= 11 is 66.8. The lowest BCUT2D eigenvalue weighted by Crippen LogP contribution is -1.92. The smallest absolute Gasteiger partial charge is 0.0759 e. The van der Waals surface area contributed by atoms with Gasteiger partial charge in [0.25, 0.3) is 0 Å². The third-order valence-electron chi connectivity index (χ3n) is 3.22. The van der Waals surface area contributed by atoms with Gasteiger partial charge in [-0.15, -0.1) is 46.7 Å². The van der Waals surface area contributed by atoms with E-state index in [1.165, 1.54) is 23.5 Å². The van der Waals surface area contributed by atoms with E-state index in [9.17, 15) is 0 Å². The highest BCUT2D eigenvalue weighted by Gasteiger charge is 2.26. The van der Waals surface area contributed by atoms with Crippen molar-refractivity contribution in [2.45, 2.75) is 19.6 Å². The molecule has 0 heterocycles. The summed E-state index contributed by atoms with van der Waals surface area (Å²) in [4.78, 5) is 1.87. The Labute approximate surface area is 231 Å². The van der Waals surface area contributed by atoms with E-state index >= 15 is 0 Å². The molecule has 29 heavy (non-hydrogen) atoms. The fourth-order valence-electron chi connectivity index (χ4n) is 2.00. The summed E-state index contributed by atoms with van der Waals surface area (Å²) < 4.78 is 0. The van der Waals surface area contributed by atoms with Crippen LogP contribution in [0.15, 0.2) is 19.6 Å². The molecule has 0 atom stereocenters. The highest BCUT2D eigenvalue weighted by atomic mass is 35.5. The second-order valence-electron chi connectivity index (χ2n) is 5.01. The van der Waals surface area contributed by atoms with Crippen LogP contribution in [0.5, 0.6) is 0 Å². The highest BCUT2D eigenvalue weighted by molar-refractivity contribution is 8.00. The van der Waals surface area contributed by atoms with E-state index in [1.807, 2.05) is 0 Å². The minimum Gasteiger partial charge on any atom is -0.126 e. The van der Waals surface area contributed by atoms with Gasteiger partial charge in [0, 0.05) is 33.1 Å². The third-order valence-corrected chi connectivity index (χ3v) is 11.8. The van der Waals surface area contributed by atoms with Gasteiger partial charge in [0.1, 0.15) is 0 Å². The van der Waals surface area contributed by atoms with Gasteiger partial charge >= 0.3 is 0 Å². The molecular weight excluding hydrogens is 643 g/mol. The first-order valence-electron chi connectivity index (χ1n) is 7.44. The Morgan fingerprint density at radius 1 is 0.414 bits per heavy atom. The average molecular weight is 651 g/mol. The third kappa shape index (κ3) is 6.29. The summed E-state index contributed by atoms with van der Waals surface area (Å²) in [5.41, 5.74) is 0. The Kier molecular flexibility index (Phi) is 12.1. The van der Waals surface area contributed by atoms with Crippen LogP contribution in [0.4, 0.5) is 0 Å². The SMILES string of the molecule is ClCCSc1c(Cl)c(Cl)c(Sc2c(Cl)c(Cl)c(SCCCl)c(Cl)c2Cl)c(Cl)c1Cl. The fourth-order valence-corrected chi connectivity index (χ4v) is 8.18. The zero-order valence-corrected chi connectivity index (χ0v) is 23.8. The summed E-state index contributed by atoms with van der Waals surface area (Å²) in [6, 6.07) is 0. The standard InChI is InChI=1S/C16H8Cl10S3/c17-1-3-27-13-5(19)9(23)15(10(24)6(13)20)29-16-11(25)7(21)14(28-4-2-18)8(22)12(16)26/h1-4H2. The van der Waals surface area contributed by atoms with E-state index in [4.69, 9.17) is 116 Å². The van der Waals surface area contributed by atoms with Crippen molar-refractivity contribution in [3.8, 4) is 0 Å². The van der Waals surface area contributed by atoms with Gasteiger partial charge in [-0.25, -0.2) is 0 Å². The summed E-state index contributed by atoms with van der Waals surface area (Å²) in [5, 5.41) is 1.89. The molecule has 0 aliphatic rings. The Bertz CT molecular complexity index is 787. The molecule has 0 nitrogen and oxygen atoms in total. The predicted molar refractivity (Wildman–Crippen MR) is 140 cm³/mol. The largest absolute Gasteiger partial charge is 0.126 e. The van der Waals surface area contributed by atoms with Crippen LogP contribution in [0.3, 0.4) is 0 Å². The molecule has 13 heteroatoms. The number of thioether (sulfide) groups is 2. The summed E-state index contributed by atoms with van der Waals surface area (Å²) in [6.45, 7) is 0. The number of alkyl halides is 2. The number of rotatable bonds is 8. The molecule has 0 amide bonds. The van der Waals surface area contributed by atoms with Gasteiger partial charge in [-0.1, -0.05) is 105 Å². The van der Waals surface area contributed by atoms with Crippen LogP contribution in [0.2, 0.25) is 40.2 Å². The second kappa shape index (κ2) is 12.7. The van der Waals surface area contributed by atoms with Gasteiger partial charge in [-0.3, -0.25) is 0 Å². The first-order valence-corrected chi connectivity index (χ1v) is 14.3. The van der Waals surface area contributed by atoms with Crippen LogP contribution < -0.4 is 0 Å². The van der Waals surface area contributed by atoms with Crippen LogP contribution in [-0.2, 0) is 0 Å². The maximum absolute atomic E-state index is 6.48. The molecule has 0 radical (unpaired) electrons. The molecule has 0 aliphatic heterocycles. The van der Waals surface area contributed by atoms with Crippen LogP contribution in [0, 0.1) is 0 Å². The summed E-state index contributed by atoms with van der Waals surface area (Å²) in [7, 11) is 0. The Balaban J connectivity index is 2.58. The van der Waals surface area contributed by atoms with Gasteiger partial charge in [0.05, 0.1) is 50.0 Å². The topological polar surface area (TPSA) is 0 Å². The Hall–Kier alpha value is 2.39. The second-order valence-corrected chi connectivity index (χ2v) is 12.0. The maximum Gasteiger partial charge on any atom is 0.0759 e. The normalized spacial score (nSPS) is 11.4.